The molecule has 2 amide bonds. The molecule has 0 bridgehead atoms. The van der Waals surface area contributed by atoms with Crippen LogP contribution in [0.2, 0.25) is 0 Å². The number of carbonyl (C=O) groups is 2. The zero-order valence-corrected chi connectivity index (χ0v) is 18.2. The molecule has 5 rings (SSSR count). The van der Waals surface area contributed by atoms with Crippen LogP contribution < -0.4 is 16.3 Å². The molecule has 32 heavy (non-hydrogen) atoms. The number of hydrogen-bond acceptors (Lipinski definition) is 4. The van der Waals surface area contributed by atoms with Gasteiger partial charge in [-0.3, -0.25) is 23.3 Å². The zero-order valence-electron chi connectivity index (χ0n) is 18.2. The molecule has 2 N–H and O–H groups in total. The van der Waals surface area contributed by atoms with Crippen LogP contribution in [0.3, 0.4) is 0 Å². The second-order valence-corrected chi connectivity index (χ2v) is 8.17. The van der Waals surface area contributed by atoms with E-state index in [0.29, 0.717) is 23.3 Å². The summed E-state index contributed by atoms with van der Waals surface area (Å²) in [5.41, 5.74) is 4.39. The normalized spacial score (nSPS) is 16.5. The van der Waals surface area contributed by atoms with Gasteiger partial charge >= 0.3 is 5.69 Å². The third-order valence-corrected chi connectivity index (χ3v) is 6.23. The van der Waals surface area contributed by atoms with Crippen LogP contribution in [0.1, 0.15) is 41.5 Å². The minimum atomic E-state index is -0.234. The van der Waals surface area contributed by atoms with E-state index in [1.807, 2.05) is 28.8 Å². The lowest BCUT2D eigenvalue weighted by Gasteiger charge is -2.24. The van der Waals surface area contributed by atoms with Crippen LogP contribution in [-0.2, 0) is 18.9 Å². The third-order valence-electron chi connectivity index (χ3n) is 6.23. The predicted molar refractivity (Wildman–Crippen MR) is 121 cm³/mol. The summed E-state index contributed by atoms with van der Waals surface area (Å²) in [5.74, 6) is 0.531. The smallest absolute Gasteiger partial charge is 0.328 e. The van der Waals surface area contributed by atoms with E-state index >= 15 is 0 Å². The maximum Gasteiger partial charge on any atom is 0.328 e. The van der Waals surface area contributed by atoms with Gasteiger partial charge in [0.25, 0.3) is 5.91 Å². The number of nitrogens with zero attached hydrogens (tertiary/aromatic N) is 4. The topological polar surface area (TPSA) is 103 Å². The summed E-state index contributed by atoms with van der Waals surface area (Å²) in [6, 6.07) is 11.0. The minimum Gasteiger partial charge on any atom is -0.355 e. The van der Waals surface area contributed by atoms with Crippen LogP contribution in [0.4, 0.5) is 0 Å². The summed E-state index contributed by atoms with van der Waals surface area (Å²) in [6.07, 6.45) is 2.08. The monoisotopic (exact) mass is 432 g/mol. The van der Waals surface area contributed by atoms with Crippen LogP contribution >= 0.6 is 0 Å². The molecule has 0 saturated carbocycles. The van der Waals surface area contributed by atoms with Crippen LogP contribution in [0.25, 0.3) is 27.8 Å². The van der Waals surface area contributed by atoms with Gasteiger partial charge in [0.15, 0.2) is 0 Å². The molecule has 9 nitrogen and oxygen atoms in total. The molecule has 1 aliphatic heterocycles. The Morgan fingerprint density at radius 1 is 1.06 bits per heavy atom. The number of hydrogen-bond donors (Lipinski definition) is 2. The van der Waals surface area contributed by atoms with Crippen LogP contribution in [0.5, 0.6) is 0 Å². The van der Waals surface area contributed by atoms with Crippen molar-refractivity contribution in [2.45, 2.75) is 25.3 Å². The summed E-state index contributed by atoms with van der Waals surface area (Å²) in [7, 11) is 5.09. The van der Waals surface area contributed by atoms with Gasteiger partial charge in [-0.2, -0.15) is 0 Å². The van der Waals surface area contributed by atoms with E-state index in [0.717, 1.165) is 35.1 Å². The Kier molecular flexibility index (Phi) is 4.61. The fraction of sp³-hybridized carbons (Fsp3) is 0.304. The number of aromatic nitrogens is 4. The predicted octanol–water partition coefficient (Wildman–Crippen LogP) is 1.92. The van der Waals surface area contributed by atoms with Crippen molar-refractivity contribution in [2.75, 3.05) is 7.05 Å². The first-order chi connectivity index (χ1) is 15.4. The van der Waals surface area contributed by atoms with Gasteiger partial charge in [-0.15, -0.1) is 0 Å². The highest BCUT2D eigenvalue weighted by atomic mass is 16.2. The van der Waals surface area contributed by atoms with E-state index in [4.69, 9.17) is 4.98 Å². The number of benzene rings is 2. The van der Waals surface area contributed by atoms with Crippen LogP contribution in [-0.4, -0.2) is 37.5 Å². The van der Waals surface area contributed by atoms with E-state index in [1.165, 1.54) is 0 Å². The number of rotatable bonds is 3. The Labute approximate surface area is 183 Å². The van der Waals surface area contributed by atoms with Gasteiger partial charge < -0.3 is 10.6 Å². The number of fused-ring (bicyclic) bond motifs is 2. The first-order valence-electron chi connectivity index (χ1n) is 10.6. The molecule has 1 unspecified atom stereocenters. The number of nitrogens with one attached hydrogen (secondary N) is 2. The highest BCUT2D eigenvalue weighted by molar-refractivity contribution is 5.97. The lowest BCUT2D eigenvalue weighted by Crippen LogP contribution is -2.34. The van der Waals surface area contributed by atoms with Crippen LogP contribution in [0.15, 0.2) is 41.2 Å². The fourth-order valence-corrected chi connectivity index (χ4v) is 4.52. The zero-order chi connectivity index (χ0) is 22.6. The second-order valence-electron chi connectivity index (χ2n) is 8.17. The van der Waals surface area contributed by atoms with Crippen molar-refractivity contribution in [3.05, 3.63) is 58.3 Å². The van der Waals surface area contributed by atoms with Crippen molar-refractivity contribution >= 4 is 33.9 Å². The van der Waals surface area contributed by atoms with Crippen molar-refractivity contribution < 1.29 is 9.59 Å². The van der Waals surface area contributed by atoms with E-state index in [9.17, 15) is 14.4 Å². The van der Waals surface area contributed by atoms with Crippen molar-refractivity contribution in [3.8, 4) is 5.69 Å². The summed E-state index contributed by atoms with van der Waals surface area (Å²) >= 11 is 0. The SMILES string of the molecule is CNC(=O)c1ccc2c(c1)nc(C1CCCC(=O)N1)n2-c1ccc2c(c1)n(C)c(=O)n2C. The lowest BCUT2D eigenvalue weighted by molar-refractivity contribution is -0.123. The molecule has 0 spiro atoms. The highest BCUT2D eigenvalue weighted by Gasteiger charge is 2.26. The number of piperidine rings is 1. The first kappa shape index (κ1) is 20.0. The quantitative estimate of drug-likeness (QED) is 0.516. The Bertz CT molecular complexity index is 1460. The Morgan fingerprint density at radius 2 is 1.81 bits per heavy atom. The molecule has 1 aliphatic rings. The average molecular weight is 432 g/mol. The molecule has 164 valence electrons. The Balaban J connectivity index is 1.76. The van der Waals surface area contributed by atoms with Gasteiger partial charge in [0.2, 0.25) is 5.91 Å². The molecule has 9 heteroatoms. The van der Waals surface area contributed by atoms with Gasteiger partial charge in [0.1, 0.15) is 5.82 Å². The number of amides is 2. The Hall–Kier alpha value is -3.88. The molecular formula is C23H24N6O3. The molecule has 4 aromatic rings. The van der Waals surface area contributed by atoms with E-state index in [-0.39, 0.29) is 23.5 Å². The lowest BCUT2D eigenvalue weighted by atomic mass is 10.0. The van der Waals surface area contributed by atoms with Crippen molar-refractivity contribution in [3.63, 3.8) is 0 Å². The molecule has 2 aromatic heterocycles. The van der Waals surface area contributed by atoms with Crippen molar-refractivity contribution in [1.29, 1.82) is 0 Å². The van der Waals surface area contributed by atoms with Crippen molar-refractivity contribution in [1.82, 2.24) is 29.3 Å². The van der Waals surface area contributed by atoms with Gasteiger partial charge in [-0.05, 0) is 49.2 Å². The maximum atomic E-state index is 12.4. The average Bonchev–Trinajstić information content (AvgIpc) is 3.29. The van der Waals surface area contributed by atoms with Gasteiger partial charge in [-0.1, -0.05) is 0 Å². The molecule has 1 saturated heterocycles. The summed E-state index contributed by atoms with van der Waals surface area (Å²) in [6.45, 7) is 0. The molecule has 0 aliphatic carbocycles. The molecule has 1 atom stereocenters. The number of imidazole rings is 2. The molecule has 2 aromatic carbocycles. The second kappa shape index (κ2) is 7.37. The van der Waals surface area contributed by atoms with Crippen molar-refractivity contribution in [2.24, 2.45) is 14.1 Å². The minimum absolute atomic E-state index is 0.00631. The third kappa shape index (κ3) is 3.00. The van der Waals surface area contributed by atoms with E-state index < -0.39 is 0 Å². The molecule has 0 radical (unpaired) electrons. The molecule has 3 heterocycles. The van der Waals surface area contributed by atoms with Crippen LogP contribution in [0, 0.1) is 0 Å². The molecular weight excluding hydrogens is 408 g/mol. The Morgan fingerprint density at radius 3 is 2.56 bits per heavy atom. The van der Waals surface area contributed by atoms with E-state index in [1.54, 1.807) is 42.4 Å². The van der Waals surface area contributed by atoms with E-state index in [2.05, 4.69) is 10.6 Å². The number of carbonyl (C=O) groups excluding carboxylic acids is 2. The van der Waals surface area contributed by atoms with Gasteiger partial charge in [0, 0.05) is 38.8 Å². The summed E-state index contributed by atoms with van der Waals surface area (Å²) in [4.78, 5) is 41.5. The fourth-order valence-electron chi connectivity index (χ4n) is 4.52. The largest absolute Gasteiger partial charge is 0.355 e. The summed E-state index contributed by atoms with van der Waals surface area (Å²) in [5, 5.41) is 5.69. The van der Waals surface area contributed by atoms with Gasteiger partial charge in [-0.25, -0.2) is 9.78 Å². The van der Waals surface area contributed by atoms with Gasteiger partial charge in [0.05, 0.1) is 28.1 Å². The highest BCUT2D eigenvalue weighted by Crippen LogP contribution is 2.31. The standard InChI is InChI=1S/C23H24N6O3/c1-24-22(31)13-7-9-17-16(11-13)26-21(15-5-4-6-20(30)25-15)29(17)14-8-10-18-19(12-14)28(3)23(32)27(18)2/h7-12,15H,4-6H2,1-3H3,(H,24,31)(H,25,30). The first-order valence-corrected chi connectivity index (χ1v) is 10.6. The number of aryl methyl sites for hydroxylation is 2. The maximum absolute atomic E-state index is 12.4. The molecule has 1 fully saturated rings. The summed E-state index contributed by atoms with van der Waals surface area (Å²) < 4.78 is 5.24.